The van der Waals surface area contributed by atoms with Gasteiger partial charge in [0.25, 0.3) is 5.91 Å². The van der Waals surface area contributed by atoms with Gasteiger partial charge < -0.3 is 15.0 Å². The Bertz CT molecular complexity index is 969. The fourth-order valence-electron chi connectivity index (χ4n) is 2.60. The number of imidazole rings is 1. The molecule has 0 saturated carbocycles. The van der Waals surface area contributed by atoms with Crippen molar-refractivity contribution in [1.82, 2.24) is 9.97 Å². The maximum atomic E-state index is 12.5. The quantitative estimate of drug-likeness (QED) is 0.595. The Hall–Kier alpha value is -3.12. The number of benzene rings is 2. The van der Waals surface area contributed by atoms with Crippen molar-refractivity contribution in [3.8, 4) is 11.4 Å². The lowest BCUT2D eigenvalue weighted by Crippen LogP contribution is -2.32. The Kier molecular flexibility index (Phi) is 6.11. The van der Waals surface area contributed by atoms with Crippen LogP contribution in [0.1, 0.15) is 29.3 Å². The maximum absolute atomic E-state index is 12.5. The van der Waals surface area contributed by atoms with E-state index in [-0.39, 0.29) is 0 Å². The standard InChI is InChI=1S/C21H20ClN3O3/c1-3-18(20(26)25-16-9-4-13(2)17(22)12-16)28-21(27)15-7-5-14(6-8-15)19-23-10-11-24-19/h4-12,18H,3H2,1-2H3,(H,23,24)(H,25,26). The predicted octanol–water partition coefficient (Wildman–Crippen LogP) is 4.61. The number of halogens is 1. The van der Waals surface area contributed by atoms with E-state index in [0.717, 1.165) is 11.1 Å². The predicted molar refractivity (Wildman–Crippen MR) is 108 cm³/mol. The number of carbonyl (C=O) groups excluding carboxylic acids is 2. The van der Waals surface area contributed by atoms with Crippen LogP contribution in [0.25, 0.3) is 11.4 Å². The van der Waals surface area contributed by atoms with Gasteiger partial charge in [-0.05, 0) is 43.2 Å². The van der Waals surface area contributed by atoms with Gasteiger partial charge in [-0.25, -0.2) is 9.78 Å². The van der Waals surface area contributed by atoms with Crippen LogP contribution in [0.2, 0.25) is 5.02 Å². The van der Waals surface area contributed by atoms with Crippen molar-refractivity contribution in [3.05, 3.63) is 71.0 Å². The van der Waals surface area contributed by atoms with Gasteiger partial charge in [-0.2, -0.15) is 0 Å². The minimum atomic E-state index is -0.905. The molecule has 3 aromatic rings. The zero-order chi connectivity index (χ0) is 20.1. The van der Waals surface area contributed by atoms with Crippen LogP contribution < -0.4 is 5.32 Å². The molecule has 3 rings (SSSR count). The van der Waals surface area contributed by atoms with Crippen molar-refractivity contribution in [2.75, 3.05) is 5.32 Å². The molecular formula is C21H20ClN3O3. The van der Waals surface area contributed by atoms with Crippen molar-refractivity contribution in [1.29, 1.82) is 0 Å². The Morgan fingerprint density at radius 3 is 2.57 bits per heavy atom. The summed E-state index contributed by atoms with van der Waals surface area (Å²) in [7, 11) is 0. The monoisotopic (exact) mass is 397 g/mol. The van der Waals surface area contributed by atoms with E-state index in [1.165, 1.54) is 0 Å². The van der Waals surface area contributed by atoms with Crippen LogP contribution in [0.4, 0.5) is 5.69 Å². The summed E-state index contributed by atoms with van der Waals surface area (Å²) in [5, 5.41) is 3.29. The fourth-order valence-corrected chi connectivity index (χ4v) is 2.78. The second-order valence-electron chi connectivity index (χ2n) is 6.27. The Labute approximate surface area is 167 Å². The number of nitrogens with one attached hydrogen (secondary N) is 2. The van der Waals surface area contributed by atoms with Gasteiger partial charge in [-0.1, -0.05) is 36.7 Å². The smallest absolute Gasteiger partial charge is 0.338 e. The molecule has 0 aliphatic rings. The van der Waals surface area contributed by atoms with E-state index in [0.29, 0.717) is 28.5 Å². The summed E-state index contributed by atoms with van der Waals surface area (Å²) in [4.78, 5) is 32.1. The topological polar surface area (TPSA) is 84.1 Å². The number of ether oxygens (including phenoxy) is 1. The SMILES string of the molecule is CCC(OC(=O)c1ccc(-c2ncc[nH]2)cc1)C(=O)Nc1ccc(C)c(Cl)c1. The molecule has 28 heavy (non-hydrogen) atoms. The molecule has 0 fully saturated rings. The first-order valence-corrected chi connectivity index (χ1v) is 9.23. The molecule has 0 aliphatic heterocycles. The number of aromatic amines is 1. The third-order valence-corrected chi connectivity index (χ3v) is 4.65. The molecular weight excluding hydrogens is 378 g/mol. The second kappa shape index (κ2) is 8.71. The molecule has 144 valence electrons. The number of anilines is 1. The number of aryl methyl sites for hydroxylation is 1. The molecule has 0 bridgehead atoms. The van der Waals surface area contributed by atoms with Gasteiger partial charge in [-0.3, -0.25) is 4.79 Å². The zero-order valence-electron chi connectivity index (χ0n) is 15.5. The van der Waals surface area contributed by atoms with Crippen LogP contribution in [0.3, 0.4) is 0 Å². The normalized spacial score (nSPS) is 11.7. The van der Waals surface area contributed by atoms with E-state index in [9.17, 15) is 9.59 Å². The molecule has 1 unspecified atom stereocenters. The fraction of sp³-hybridized carbons (Fsp3) is 0.190. The van der Waals surface area contributed by atoms with Crippen LogP contribution in [-0.4, -0.2) is 27.9 Å². The highest BCUT2D eigenvalue weighted by molar-refractivity contribution is 6.31. The van der Waals surface area contributed by atoms with Crippen LogP contribution in [0.15, 0.2) is 54.9 Å². The molecule has 1 atom stereocenters. The first-order chi connectivity index (χ1) is 13.5. The largest absolute Gasteiger partial charge is 0.449 e. The number of hydrogen-bond acceptors (Lipinski definition) is 4. The number of hydrogen-bond donors (Lipinski definition) is 2. The first kappa shape index (κ1) is 19.6. The van der Waals surface area contributed by atoms with Crippen LogP contribution >= 0.6 is 11.6 Å². The van der Waals surface area contributed by atoms with Gasteiger partial charge in [0.15, 0.2) is 6.10 Å². The molecule has 0 spiro atoms. The Balaban J connectivity index is 1.65. The van der Waals surface area contributed by atoms with E-state index < -0.39 is 18.0 Å². The summed E-state index contributed by atoms with van der Waals surface area (Å²) < 4.78 is 5.40. The van der Waals surface area contributed by atoms with Crippen LogP contribution in [-0.2, 0) is 9.53 Å². The van der Waals surface area contributed by atoms with Gasteiger partial charge in [-0.15, -0.1) is 0 Å². The van der Waals surface area contributed by atoms with E-state index in [4.69, 9.17) is 16.3 Å². The Morgan fingerprint density at radius 2 is 1.96 bits per heavy atom. The van der Waals surface area contributed by atoms with Crippen molar-refractivity contribution < 1.29 is 14.3 Å². The highest BCUT2D eigenvalue weighted by Crippen LogP contribution is 2.21. The van der Waals surface area contributed by atoms with Crippen LogP contribution in [0.5, 0.6) is 0 Å². The minimum absolute atomic E-state index is 0.349. The third kappa shape index (κ3) is 4.58. The van der Waals surface area contributed by atoms with Crippen molar-refractivity contribution in [2.24, 2.45) is 0 Å². The summed E-state index contributed by atoms with van der Waals surface area (Å²) in [5.41, 5.74) is 2.68. The number of amides is 1. The van der Waals surface area contributed by atoms with Crippen molar-refractivity contribution >= 4 is 29.2 Å². The van der Waals surface area contributed by atoms with Crippen molar-refractivity contribution in [2.45, 2.75) is 26.4 Å². The highest BCUT2D eigenvalue weighted by Gasteiger charge is 2.22. The molecule has 0 aliphatic carbocycles. The average Bonchev–Trinajstić information content (AvgIpc) is 3.23. The first-order valence-electron chi connectivity index (χ1n) is 8.85. The maximum Gasteiger partial charge on any atom is 0.338 e. The lowest BCUT2D eigenvalue weighted by Gasteiger charge is -2.16. The van der Waals surface area contributed by atoms with E-state index >= 15 is 0 Å². The molecule has 1 heterocycles. The van der Waals surface area contributed by atoms with Crippen molar-refractivity contribution in [3.63, 3.8) is 0 Å². The van der Waals surface area contributed by atoms with Gasteiger partial charge in [0.05, 0.1) is 5.56 Å². The number of nitrogens with zero attached hydrogens (tertiary/aromatic N) is 1. The molecule has 2 aromatic carbocycles. The number of esters is 1. The number of aromatic nitrogens is 2. The summed E-state index contributed by atoms with van der Waals surface area (Å²) in [6.45, 7) is 3.65. The molecule has 0 saturated heterocycles. The summed E-state index contributed by atoms with van der Waals surface area (Å²) >= 11 is 6.08. The van der Waals surface area contributed by atoms with Crippen LogP contribution in [0, 0.1) is 6.92 Å². The lowest BCUT2D eigenvalue weighted by atomic mass is 10.1. The molecule has 0 radical (unpaired) electrons. The number of H-pyrrole nitrogens is 1. The van der Waals surface area contributed by atoms with E-state index in [1.54, 1.807) is 55.7 Å². The van der Waals surface area contributed by atoms with Gasteiger partial charge in [0.1, 0.15) is 5.82 Å². The molecule has 7 heteroatoms. The second-order valence-corrected chi connectivity index (χ2v) is 6.68. The van der Waals surface area contributed by atoms with E-state index in [2.05, 4.69) is 15.3 Å². The number of rotatable bonds is 6. The van der Waals surface area contributed by atoms with E-state index in [1.807, 2.05) is 13.0 Å². The minimum Gasteiger partial charge on any atom is -0.449 e. The summed E-state index contributed by atoms with van der Waals surface area (Å²) in [6, 6.07) is 12.0. The molecule has 1 aromatic heterocycles. The van der Waals surface area contributed by atoms with Gasteiger partial charge in [0, 0.05) is 28.7 Å². The Morgan fingerprint density at radius 1 is 1.21 bits per heavy atom. The molecule has 2 N–H and O–H groups in total. The van der Waals surface area contributed by atoms with Gasteiger partial charge in [0.2, 0.25) is 0 Å². The summed E-state index contributed by atoms with van der Waals surface area (Å²) in [6.07, 6.45) is 2.82. The summed E-state index contributed by atoms with van der Waals surface area (Å²) in [5.74, 6) is -0.250. The molecule has 6 nitrogen and oxygen atoms in total. The lowest BCUT2D eigenvalue weighted by molar-refractivity contribution is -0.124. The number of carbonyl (C=O) groups is 2. The zero-order valence-corrected chi connectivity index (χ0v) is 16.3. The average molecular weight is 398 g/mol. The van der Waals surface area contributed by atoms with Gasteiger partial charge >= 0.3 is 5.97 Å². The highest BCUT2D eigenvalue weighted by atomic mass is 35.5. The third-order valence-electron chi connectivity index (χ3n) is 4.24. The molecule has 1 amide bonds.